The van der Waals surface area contributed by atoms with Crippen LogP contribution < -0.4 is 10.9 Å². The van der Waals surface area contributed by atoms with Crippen molar-refractivity contribution in [1.82, 2.24) is 14.9 Å². The van der Waals surface area contributed by atoms with Gasteiger partial charge in [0.25, 0.3) is 5.56 Å². The highest BCUT2D eigenvalue weighted by atomic mass is 32.2. The Balaban J connectivity index is 1.64. The highest BCUT2D eigenvalue weighted by Crippen LogP contribution is 2.19. The van der Waals surface area contributed by atoms with Gasteiger partial charge in [-0.15, -0.1) is 0 Å². The molecule has 1 amide bonds. The van der Waals surface area contributed by atoms with Crippen molar-refractivity contribution >= 4 is 28.6 Å². The lowest BCUT2D eigenvalue weighted by atomic mass is 10.1. The molecule has 0 aliphatic carbocycles. The molecule has 0 bridgehead atoms. The summed E-state index contributed by atoms with van der Waals surface area (Å²) in [5, 5.41) is 4.27. The number of carbonyl (C=O) groups is 1. The first-order valence-corrected chi connectivity index (χ1v) is 11.4. The van der Waals surface area contributed by atoms with Crippen molar-refractivity contribution < 1.29 is 4.79 Å². The van der Waals surface area contributed by atoms with Crippen LogP contribution in [0.15, 0.2) is 64.5 Å². The van der Waals surface area contributed by atoms with Crippen molar-refractivity contribution in [2.45, 2.75) is 51.4 Å². The third-order valence-corrected chi connectivity index (χ3v) is 5.80. The van der Waals surface area contributed by atoms with Crippen LogP contribution >= 0.6 is 11.8 Å². The number of carbonyl (C=O) groups excluding carboxylic acids is 1. The number of hydrogen-bond acceptors (Lipinski definition) is 4. The lowest BCUT2D eigenvalue weighted by Crippen LogP contribution is -2.34. The monoisotopic (exact) mass is 423 g/mol. The molecule has 0 aliphatic heterocycles. The molecule has 0 saturated carbocycles. The van der Waals surface area contributed by atoms with Gasteiger partial charge in [0.05, 0.1) is 16.7 Å². The first-order valence-electron chi connectivity index (χ1n) is 10.4. The second-order valence-electron chi connectivity index (χ2n) is 8.00. The minimum atomic E-state index is -0.0477. The molecule has 0 aliphatic rings. The van der Waals surface area contributed by atoms with Gasteiger partial charge in [-0.05, 0) is 43.4 Å². The van der Waals surface area contributed by atoms with Crippen LogP contribution in [0.1, 0.15) is 32.8 Å². The topological polar surface area (TPSA) is 64.0 Å². The van der Waals surface area contributed by atoms with Crippen LogP contribution in [0.5, 0.6) is 0 Å². The van der Waals surface area contributed by atoms with E-state index in [2.05, 4.69) is 36.3 Å². The Labute approximate surface area is 181 Å². The molecule has 158 valence electrons. The van der Waals surface area contributed by atoms with Crippen molar-refractivity contribution in [3.05, 3.63) is 70.5 Å². The van der Waals surface area contributed by atoms with E-state index in [1.54, 1.807) is 10.6 Å². The molecule has 0 fully saturated rings. The number of hydrogen-bond donors (Lipinski definition) is 1. The summed E-state index contributed by atoms with van der Waals surface area (Å²) in [7, 11) is 0. The van der Waals surface area contributed by atoms with Gasteiger partial charge in [0.15, 0.2) is 5.16 Å². The van der Waals surface area contributed by atoms with Gasteiger partial charge in [-0.2, -0.15) is 0 Å². The Morgan fingerprint density at radius 1 is 1.07 bits per heavy atom. The summed E-state index contributed by atoms with van der Waals surface area (Å²) in [5.41, 5.74) is 1.89. The Bertz CT molecular complexity index is 1050. The van der Waals surface area contributed by atoms with Crippen LogP contribution in [0.4, 0.5) is 0 Å². The van der Waals surface area contributed by atoms with Crippen molar-refractivity contribution in [2.24, 2.45) is 5.92 Å². The highest BCUT2D eigenvalue weighted by Gasteiger charge is 2.15. The van der Waals surface area contributed by atoms with E-state index >= 15 is 0 Å². The molecule has 1 atom stereocenters. The van der Waals surface area contributed by atoms with Gasteiger partial charge >= 0.3 is 0 Å². The third-order valence-electron chi connectivity index (χ3n) is 4.82. The third kappa shape index (κ3) is 5.95. The molecule has 6 heteroatoms. The van der Waals surface area contributed by atoms with E-state index < -0.39 is 0 Å². The smallest absolute Gasteiger partial charge is 0.262 e. The number of nitrogens with zero attached hydrogens (tertiary/aromatic N) is 2. The zero-order valence-corrected chi connectivity index (χ0v) is 18.6. The summed E-state index contributed by atoms with van der Waals surface area (Å²) >= 11 is 1.32. The van der Waals surface area contributed by atoms with Gasteiger partial charge in [-0.1, -0.05) is 68.1 Å². The van der Waals surface area contributed by atoms with E-state index in [-0.39, 0.29) is 23.3 Å². The first kappa shape index (κ1) is 22.1. The summed E-state index contributed by atoms with van der Waals surface area (Å²) in [6.45, 7) is 6.73. The highest BCUT2D eigenvalue weighted by molar-refractivity contribution is 7.99. The van der Waals surface area contributed by atoms with Crippen LogP contribution in [0.2, 0.25) is 0 Å². The Hall–Kier alpha value is -2.60. The van der Waals surface area contributed by atoms with Gasteiger partial charge < -0.3 is 5.32 Å². The molecule has 2 aromatic carbocycles. The number of aryl methyl sites for hydroxylation is 1. The van der Waals surface area contributed by atoms with E-state index in [0.29, 0.717) is 28.5 Å². The molecule has 0 spiro atoms. The lowest BCUT2D eigenvalue weighted by molar-refractivity contribution is -0.119. The van der Waals surface area contributed by atoms with E-state index in [1.165, 1.54) is 17.3 Å². The summed E-state index contributed by atoms with van der Waals surface area (Å²) in [6, 6.07) is 17.7. The van der Waals surface area contributed by atoms with Crippen molar-refractivity contribution in [1.29, 1.82) is 0 Å². The standard InChI is InChI=1S/C24H29N3O2S/c1-17(2)15-27-23(29)20-11-7-8-12-21(20)26-24(27)30-16-22(28)25-18(3)13-14-19-9-5-4-6-10-19/h4-12,17-18H,13-16H2,1-3H3,(H,25,28). The number of rotatable bonds is 9. The largest absolute Gasteiger partial charge is 0.353 e. The van der Waals surface area contributed by atoms with Crippen molar-refractivity contribution in [3.8, 4) is 0 Å². The molecule has 5 nitrogen and oxygen atoms in total. The lowest BCUT2D eigenvalue weighted by Gasteiger charge is -2.16. The van der Waals surface area contributed by atoms with E-state index in [1.807, 2.05) is 43.3 Å². The maximum atomic E-state index is 12.9. The summed E-state index contributed by atoms with van der Waals surface area (Å²) in [4.78, 5) is 30.1. The average molecular weight is 424 g/mol. The maximum Gasteiger partial charge on any atom is 0.262 e. The molecule has 3 aromatic rings. The molecule has 1 heterocycles. The molecular formula is C24H29N3O2S. The minimum Gasteiger partial charge on any atom is -0.353 e. The zero-order chi connectivity index (χ0) is 21.5. The van der Waals surface area contributed by atoms with Gasteiger partial charge in [0.2, 0.25) is 5.91 Å². The number of para-hydroxylation sites is 1. The van der Waals surface area contributed by atoms with Crippen LogP contribution in [-0.4, -0.2) is 27.3 Å². The summed E-state index contributed by atoms with van der Waals surface area (Å²) in [6.07, 6.45) is 1.81. The van der Waals surface area contributed by atoms with Gasteiger partial charge in [-0.3, -0.25) is 14.2 Å². The fourth-order valence-corrected chi connectivity index (χ4v) is 4.15. The van der Waals surface area contributed by atoms with Crippen molar-refractivity contribution in [3.63, 3.8) is 0 Å². The fourth-order valence-electron chi connectivity index (χ4n) is 3.33. The zero-order valence-electron chi connectivity index (χ0n) is 17.8. The quantitative estimate of drug-likeness (QED) is 0.412. The molecule has 0 radical (unpaired) electrons. The van der Waals surface area contributed by atoms with Gasteiger partial charge in [0.1, 0.15) is 0 Å². The summed E-state index contributed by atoms with van der Waals surface area (Å²) < 4.78 is 1.70. The van der Waals surface area contributed by atoms with E-state index in [4.69, 9.17) is 0 Å². The number of benzene rings is 2. The second kappa shape index (κ2) is 10.4. The molecule has 30 heavy (non-hydrogen) atoms. The minimum absolute atomic E-state index is 0.0425. The van der Waals surface area contributed by atoms with Crippen molar-refractivity contribution in [2.75, 3.05) is 5.75 Å². The van der Waals surface area contributed by atoms with Crippen LogP contribution in [0, 0.1) is 5.92 Å². The van der Waals surface area contributed by atoms with Crippen LogP contribution in [0.25, 0.3) is 10.9 Å². The number of nitrogens with one attached hydrogen (secondary N) is 1. The molecule has 1 unspecified atom stereocenters. The Kier molecular flexibility index (Phi) is 7.69. The van der Waals surface area contributed by atoms with E-state index in [9.17, 15) is 9.59 Å². The maximum absolute atomic E-state index is 12.9. The predicted molar refractivity (Wildman–Crippen MR) is 124 cm³/mol. The number of thioether (sulfide) groups is 1. The van der Waals surface area contributed by atoms with Gasteiger partial charge in [-0.25, -0.2) is 4.98 Å². The van der Waals surface area contributed by atoms with Crippen LogP contribution in [0.3, 0.4) is 0 Å². The average Bonchev–Trinajstić information content (AvgIpc) is 2.73. The second-order valence-corrected chi connectivity index (χ2v) is 8.95. The molecule has 1 N–H and O–H groups in total. The van der Waals surface area contributed by atoms with Gasteiger partial charge in [0, 0.05) is 12.6 Å². The number of aromatic nitrogens is 2. The summed E-state index contributed by atoms with van der Waals surface area (Å²) in [5.74, 6) is 0.495. The Morgan fingerprint density at radius 2 is 1.77 bits per heavy atom. The fraction of sp³-hybridized carbons (Fsp3) is 0.375. The predicted octanol–water partition coefficient (Wildman–Crippen LogP) is 4.28. The normalized spacial score (nSPS) is 12.3. The molecule has 3 rings (SSSR count). The first-order chi connectivity index (χ1) is 14.4. The van der Waals surface area contributed by atoms with Crippen LogP contribution in [-0.2, 0) is 17.8 Å². The number of fused-ring (bicyclic) bond motifs is 1. The molecule has 1 aromatic heterocycles. The molecular weight excluding hydrogens is 394 g/mol. The number of amides is 1. The Morgan fingerprint density at radius 3 is 2.50 bits per heavy atom. The molecule has 0 saturated heterocycles. The SMILES string of the molecule is CC(C)Cn1c(SCC(=O)NC(C)CCc2ccccc2)nc2ccccc2c1=O. The van der Waals surface area contributed by atoms with E-state index in [0.717, 1.165) is 12.8 Å².